The van der Waals surface area contributed by atoms with Gasteiger partial charge in [0.15, 0.2) is 5.65 Å². The van der Waals surface area contributed by atoms with Crippen LogP contribution in [0.1, 0.15) is 17.5 Å². The molecule has 0 aliphatic carbocycles. The number of piperazine rings is 1. The number of hydrogen-bond acceptors (Lipinski definition) is 5. The third kappa shape index (κ3) is 3.91. The van der Waals surface area contributed by atoms with Crippen LogP contribution in [0.25, 0.3) is 11.0 Å². The highest BCUT2D eigenvalue weighted by Gasteiger charge is 2.28. The molecule has 1 saturated heterocycles. The monoisotopic (exact) mass is 371 g/mol. The van der Waals surface area contributed by atoms with Crippen molar-refractivity contribution in [1.82, 2.24) is 34.8 Å². The fourth-order valence-corrected chi connectivity index (χ4v) is 4.09. The predicted octanol–water partition coefficient (Wildman–Crippen LogP) is 1.01. The van der Waals surface area contributed by atoms with Gasteiger partial charge in [0.2, 0.25) is 0 Å². The molecule has 2 amide bonds. The van der Waals surface area contributed by atoms with Crippen LogP contribution in [0.4, 0.5) is 4.79 Å². The zero-order chi connectivity index (χ0) is 18.8. The van der Waals surface area contributed by atoms with Gasteiger partial charge in [0.1, 0.15) is 0 Å². The summed E-state index contributed by atoms with van der Waals surface area (Å²) in [6, 6.07) is 0.167. The van der Waals surface area contributed by atoms with E-state index in [-0.39, 0.29) is 6.03 Å². The summed E-state index contributed by atoms with van der Waals surface area (Å²) in [4.78, 5) is 26.1. The molecule has 0 unspecified atom stereocenters. The number of urea groups is 1. The summed E-state index contributed by atoms with van der Waals surface area (Å²) in [7, 11) is 4.22. The highest BCUT2D eigenvalue weighted by atomic mass is 16.2. The summed E-state index contributed by atoms with van der Waals surface area (Å²) < 4.78 is 0. The molecule has 2 aliphatic heterocycles. The van der Waals surface area contributed by atoms with Gasteiger partial charge in [0.25, 0.3) is 0 Å². The second-order valence-electron chi connectivity index (χ2n) is 7.83. The molecular formula is C19H29N7O. The van der Waals surface area contributed by atoms with E-state index in [1.807, 2.05) is 22.2 Å². The number of fused-ring (bicyclic) bond motifs is 3. The molecule has 27 heavy (non-hydrogen) atoms. The van der Waals surface area contributed by atoms with Crippen LogP contribution in [-0.4, -0.2) is 101 Å². The Hall–Kier alpha value is -2.19. The SMILES string of the molecule is CN(C)CCCN1CCN(C(=O)N2CCc3c(cnc4[nH]ncc34)C2)CC1. The van der Waals surface area contributed by atoms with E-state index >= 15 is 0 Å². The number of aromatic amines is 1. The van der Waals surface area contributed by atoms with Gasteiger partial charge in [-0.2, -0.15) is 5.10 Å². The van der Waals surface area contributed by atoms with Crippen molar-refractivity contribution in [2.75, 3.05) is 59.9 Å². The Bertz CT molecular complexity index is 794. The zero-order valence-electron chi connectivity index (χ0n) is 16.3. The van der Waals surface area contributed by atoms with Gasteiger partial charge >= 0.3 is 6.03 Å². The van der Waals surface area contributed by atoms with Gasteiger partial charge in [-0.25, -0.2) is 9.78 Å². The van der Waals surface area contributed by atoms with Crippen molar-refractivity contribution < 1.29 is 4.79 Å². The van der Waals surface area contributed by atoms with Crippen LogP contribution in [-0.2, 0) is 13.0 Å². The lowest BCUT2D eigenvalue weighted by Crippen LogP contribution is -2.53. The summed E-state index contributed by atoms with van der Waals surface area (Å²) >= 11 is 0. The molecule has 2 aromatic heterocycles. The molecule has 0 bridgehead atoms. The van der Waals surface area contributed by atoms with Gasteiger partial charge in [-0.1, -0.05) is 0 Å². The Balaban J connectivity index is 1.32. The van der Waals surface area contributed by atoms with Crippen LogP contribution in [0.5, 0.6) is 0 Å². The summed E-state index contributed by atoms with van der Waals surface area (Å²) in [5.41, 5.74) is 3.26. The molecule has 1 fully saturated rings. The summed E-state index contributed by atoms with van der Waals surface area (Å²) in [6.45, 7) is 7.23. The molecule has 8 heteroatoms. The van der Waals surface area contributed by atoms with Crippen LogP contribution in [0, 0.1) is 0 Å². The van der Waals surface area contributed by atoms with Crippen molar-refractivity contribution in [3.8, 4) is 0 Å². The van der Waals surface area contributed by atoms with E-state index in [1.165, 1.54) is 12.0 Å². The molecular weight excluding hydrogens is 342 g/mol. The molecule has 4 heterocycles. The smallest absolute Gasteiger partial charge is 0.320 e. The van der Waals surface area contributed by atoms with Crippen LogP contribution in [0.3, 0.4) is 0 Å². The first-order valence-electron chi connectivity index (χ1n) is 9.82. The van der Waals surface area contributed by atoms with Gasteiger partial charge in [-0.3, -0.25) is 10.00 Å². The van der Waals surface area contributed by atoms with Gasteiger partial charge in [0.05, 0.1) is 6.20 Å². The number of nitrogens with zero attached hydrogens (tertiary/aromatic N) is 6. The lowest BCUT2D eigenvalue weighted by molar-refractivity contribution is 0.108. The minimum Gasteiger partial charge on any atom is -0.322 e. The molecule has 2 aromatic rings. The summed E-state index contributed by atoms with van der Waals surface area (Å²) in [5, 5.41) is 8.10. The molecule has 4 rings (SSSR count). The minimum atomic E-state index is 0.167. The minimum absolute atomic E-state index is 0.167. The van der Waals surface area contributed by atoms with Crippen LogP contribution in [0.15, 0.2) is 12.4 Å². The molecule has 0 radical (unpaired) electrons. The van der Waals surface area contributed by atoms with Crippen molar-refractivity contribution in [3.63, 3.8) is 0 Å². The Morgan fingerprint density at radius 3 is 2.74 bits per heavy atom. The second-order valence-corrected chi connectivity index (χ2v) is 7.83. The first-order valence-corrected chi connectivity index (χ1v) is 9.82. The molecule has 0 spiro atoms. The molecule has 0 aromatic carbocycles. The van der Waals surface area contributed by atoms with Crippen LogP contribution >= 0.6 is 0 Å². The fraction of sp³-hybridized carbons (Fsp3) is 0.632. The maximum atomic E-state index is 13.0. The Kier molecular flexibility index (Phi) is 5.27. The van der Waals surface area contributed by atoms with E-state index in [0.29, 0.717) is 6.54 Å². The highest BCUT2D eigenvalue weighted by Crippen LogP contribution is 2.25. The van der Waals surface area contributed by atoms with E-state index in [1.54, 1.807) is 0 Å². The molecule has 2 aliphatic rings. The van der Waals surface area contributed by atoms with Crippen molar-refractivity contribution >= 4 is 17.1 Å². The third-order valence-electron chi connectivity index (χ3n) is 5.67. The van der Waals surface area contributed by atoms with E-state index in [0.717, 1.165) is 68.8 Å². The Morgan fingerprint density at radius 2 is 1.96 bits per heavy atom. The van der Waals surface area contributed by atoms with E-state index in [9.17, 15) is 4.79 Å². The number of H-pyrrole nitrogens is 1. The van der Waals surface area contributed by atoms with Gasteiger partial charge < -0.3 is 14.7 Å². The number of rotatable bonds is 4. The maximum Gasteiger partial charge on any atom is 0.320 e. The standard InChI is InChI=1S/C19H29N7O/c1-23(2)5-3-6-24-8-10-25(11-9-24)19(27)26-7-4-16-15(14-26)12-20-18-17(16)13-21-22-18/h12-13H,3-11,14H2,1-2H3,(H,20,21,22). The zero-order valence-corrected chi connectivity index (χ0v) is 16.3. The van der Waals surface area contributed by atoms with Crippen LogP contribution in [0.2, 0.25) is 0 Å². The first kappa shape index (κ1) is 18.2. The molecule has 146 valence electrons. The number of aromatic nitrogens is 3. The Labute approximate surface area is 160 Å². The van der Waals surface area contributed by atoms with Gasteiger partial charge in [0, 0.05) is 50.9 Å². The normalized spacial score (nSPS) is 18.3. The van der Waals surface area contributed by atoms with Crippen molar-refractivity contribution in [3.05, 3.63) is 23.5 Å². The predicted molar refractivity (Wildman–Crippen MR) is 105 cm³/mol. The molecule has 1 N–H and O–H groups in total. The maximum absolute atomic E-state index is 13.0. The van der Waals surface area contributed by atoms with Crippen molar-refractivity contribution in [2.45, 2.75) is 19.4 Å². The average molecular weight is 371 g/mol. The van der Waals surface area contributed by atoms with Gasteiger partial charge in [-0.05, 0) is 51.2 Å². The largest absolute Gasteiger partial charge is 0.322 e. The van der Waals surface area contributed by atoms with E-state index < -0.39 is 0 Å². The van der Waals surface area contributed by atoms with E-state index in [4.69, 9.17) is 0 Å². The Morgan fingerprint density at radius 1 is 1.15 bits per heavy atom. The first-order chi connectivity index (χ1) is 13.1. The molecule has 0 atom stereocenters. The highest BCUT2D eigenvalue weighted by molar-refractivity contribution is 5.80. The summed E-state index contributed by atoms with van der Waals surface area (Å²) in [6.07, 6.45) is 5.77. The lowest BCUT2D eigenvalue weighted by atomic mass is 9.99. The molecule has 8 nitrogen and oxygen atoms in total. The number of pyridine rings is 1. The quantitative estimate of drug-likeness (QED) is 0.868. The van der Waals surface area contributed by atoms with Crippen LogP contribution < -0.4 is 0 Å². The number of amides is 2. The van der Waals surface area contributed by atoms with Crippen molar-refractivity contribution in [2.24, 2.45) is 0 Å². The van der Waals surface area contributed by atoms with Gasteiger partial charge in [-0.15, -0.1) is 0 Å². The van der Waals surface area contributed by atoms with E-state index in [2.05, 4.69) is 39.1 Å². The third-order valence-corrected chi connectivity index (χ3v) is 5.67. The fourth-order valence-electron chi connectivity index (χ4n) is 4.09. The lowest BCUT2D eigenvalue weighted by Gasteiger charge is -2.39. The topological polar surface area (TPSA) is 71.6 Å². The number of hydrogen-bond donors (Lipinski definition) is 1. The number of nitrogens with one attached hydrogen (secondary N) is 1. The second kappa shape index (κ2) is 7.82. The number of carbonyl (C=O) groups excluding carboxylic acids is 1. The average Bonchev–Trinajstić information content (AvgIpc) is 3.16. The molecule has 0 saturated carbocycles. The number of carbonyl (C=O) groups is 1. The summed E-state index contributed by atoms with van der Waals surface area (Å²) in [5.74, 6) is 0. The van der Waals surface area contributed by atoms with Crippen molar-refractivity contribution in [1.29, 1.82) is 0 Å².